The van der Waals surface area contributed by atoms with Crippen LogP contribution in [0, 0.1) is 11.6 Å². The molecular formula is C13H17F2NO2. The van der Waals surface area contributed by atoms with Crippen LogP contribution in [0.1, 0.15) is 25.0 Å². The van der Waals surface area contributed by atoms with E-state index in [-0.39, 0.29) is 17.6 Å². The Labute approximate surface area is 105 Å². The number of halogens is 2. The predicted molar refractivity (Wildman–Crippen MR) is 63.1 cm³/mol. The number of aliphatic hydroxyl groups is 1. The number of hydrogen-bond acceptors (Lipinski definition) is 3. The summed E-state index contributed by atoms with van der Waals surface area (Å²) in [7, 11) is 0. The largest absolute Gasteiger partial charge is 0.388 e. The molecule has 3 atom stereocenters. The zero-order valence-electron chi connectivity index (χ0n) is 10.2. The third kappa shape index (κ3) is 3.48. The van der Waals surface area contributed by atoms with Gasteiger partial charge in [-0.25, -0.2) is 8.78 Å². The first-order valence-electron chi connectivity index (χ1n) is 6.02. The second-order valence-electron chi connectivity index (χ2n) is 4.76. The summed E-state index contributed by atoms with van der Waals surface area (Å²) >= 11 is 0. The smallest absolute Gasteiger partial charge is 0.126 e. The molecule has 3 nitrogen and oxygen atoms in total. The standard InChI is InChI=1S/C13H17F2NO2/c1-8-6-18-7-12(16-8)5-13(17)9-2-10(14)4-11(15)3-9/h2-4,8,12-13,16-17H,5-7H2,1H3. The molecule has 0 aromatic heterocycles. The Morgan fingerprint density at radius 1 is 1.33 bits per heavy atom. The summed E-state index contributed by atoms with van der Waals surface area (Å²) in [5, 5.41) is 13.3. The molecule has 18 heavy (non-hydrogen) atoms. The van der Waals surface area contributed by atoms with Gasteiger partial charge in [0.15, 0.2) is 0 Å². The molecule has 1 aromatic rings. The van der Waals surface area contributed by atoms with Gasteiger partial charge in [-0.2, -0.15) is 0 Å². The molecule has 100 valence electrons. The number of ether oxygens (including phenoxy) is 1. The maximum Gasteiger partial charge on any atom is 0.126 e. The summed E-state index contributed by atoms with van der Waals surface area (Å²) in [5.41, 5.74) is 0.257. The Morgan fingerprint density at radius 3 is 2.61 bits per heavy atom. The Bertz CT molecular complexity index is 394. The lowest BCUT2D eigenvalue weighted by Crippen LogP contribution is -2.47. The minimum Gasteiger partial charge on any atom is -0.388 e. The van der Waals surface area contributed by atoms with Crippen LogP contribution in [0.25, 0.3) is 0 Å². The first-order chi connectivity index (χ1) is 8.54. The highest BCUT2D eigenvalue weighted by Gasteiger charge is 2.22. The van der Waals surface area contributed by atoms with Crippen LogP contribution in [0.2, 0.25) is 0 Å². The van der Waals surface area contributed by atoms with Crippen LogP contribution in [-0.4, -0.2) is 30.4 Å². The molecule has 2 rings (SSSR count). The van der Waals surface area contributed by atoms with Crippen LogP contribution in [0.5, 0.6) is 0 Å². The lowest BCUT2D eigenvalue weighted by atomic mass is 10.0. The lowest BCUT2D eigenvalue weighted by Gasteiger charge is -2.30. The monoisotopic (exact) mass is 257 g/mol. The number of benzene rings is 1. The number of nitrogens with one attached hydrogen (secondary N) is 1. The van der Waals surface area contributed by atoms with Gasteiger partial charge >= 0.3 is 0 Å². The van der Waals surface area contributed by atoms with Gasteiger partial charge in [-0.05, 0) is 31.0 Å². The van der Waals surface area contributed by atoms with Crippen molar-refractivity contribution in [2.75, 3.05) is 13.2 Å². The molecule has 1 aromatic carbocycles. The average molecular weight is 257 g/mol. The lowest BCUT2D eigenvalue weighted by molar-refractivity contribution is 0.0303. The van der Waals surface area contributed by atoms with Gasteiger partial charge in [-0.15, -0.1) is 0 Å². The van der Waals surface area contributed by atoms with Crippen molar-refractivity contribution in [3.8, 4) is 0 Å². The van der Waals surface area contributed by atoms with E-state index in [2.05, 4.69) is 5.32 Å². The molecule has 1 heterocycles. The summed E-state index contributed by atoms with van der Waals surface area (Å²) in [6, 6.07) is 3.32. The SMILES string of the molecule is CC1COCC(CC(O)c2cc(F)cc(F)c2)N1. The van der Waals surface area contributed by atoms with E-state index in [0.29, 0.717) is 19.6 Å². The van der Waals surface area contributed by atoms with Crippen LogP contribution in [-0.2, 0) is 4.74 Å². The molecule has 0 radical (unpaired) electrons. The maximum atomic E-state index is 13.0. The third-order valence-electron chi connectivity index (χ3n) is 2.98. The number of hydrogen-bond donors (Lipinski definition) is 2. The van der Waals surface area contributed by atoms with Gasteiger partial charge in [-0.3, -0.25) is 0 Å². The highest BCUT2D eigenvalue weighted by atomic mass is 19.1. The van der Waals surface area contributed by atoms with Gasteiger partial charge in [0.05, 0.1) is 19.3 Å². The van der Waals surface area contributed by atoms with Crippen LogP contribution in [0.3, 0.4) is 0 Å². The van der Waals surface area contributed by atoms with Gasteiger partial charge in [0.2, 0.25) is 0 Å². The van der Waals surface area contributed by atoms with Crippen molar-refractivity contribution in [3.63, 3.8) is 0 Å². The fourth-order valence-corrected chi connectivity index (χ4v) is 2.19. The zero-order chi connectivity index (χ0) is 13.1. The van der Waals surface area contributed by atoms with Gasteiger partial charge in [-0.1, -0.05) is 0 Å². The van der Waals surface area contributed by atoms with Crippen molar-refractivity contribution < 1.29 is 18.6 Å². The van der Waals surface area contributed by atoms with Crippen molar-refractivity contribution in [2.24, 2.45) is 0 Å². The summed E-state index contributed by atoms with van der Waals surface area (Å²) in [4.78, 5) is 0. The molecule has 0 amide bonds. The molecule has 1 aliphatic rings. The molecule has 1 fully saturated rings. The first-order valence-corrected chi connectivity index (χ1v) is 6.02. The van der Waals surface area contributed by atoms with Gasteiger partial charge in [0.25, 0.3) is 0 Å². The number of aliphatic hydroxyl groups excluding tert-OH is 1. The van der Waals surface area contributed by atoms with E-state index >= 15 is 0 Å². The quantitative estimate of drug-likeness (QED) is 0.867. The van der Waals surface area contributed by atoms with E-state index in [1.54, 1.807) is 0 Å². The van der Waals surface area contributed by atoms with E-state index in [1.165, 1.54) is 0 Å². The van der Waals surface area contributed by atoms with E-state index in [4.69, 9.17) is 4.74 Å². The first kappa shape index (κ1) is 13.4. The van der Waals surface area contributed by atoms with Crippen molar-refractivity contribution in [2.45, 2.75) is 31.5 Å². The summed E-state index contributed by atoms with van der Waals surface area (Å²) in [6.07, 6.45) is -0.533. The maximum absolute atomic E-state index is 13.0. The fourth-order valence-electron chi connectivity index (χ4n) is 2.19. The van der Waals surface area contributed by atoms with E-state index in [9.17, 15) is 13.9 Å². The second-order valence-corrected chi connectivity index (χ2v) is 4.76. The molecule has 2 N–H and O–H groups in total. The van der Waals surface area contributed by atoms with Gasteiger partial charge < -0.3 is 15.2 Å². The van der Waals surface area contributed by atoms with Crippen molar-refractivity contribution in [1.82, 2.24) is 5.32 Å². The molecule has 0 bridgehead atoms. The van der Waals surface area contributed by atoms with Crippen LogP contribution in [0.4, 0.5) is 8.78 Å². The molecule has 5 heteroatoms. The molecule has 0 aliphatic carbocycles. The molecule has 1 saturated heterocycles. The molecule has 0 spiro atoms. The molecular weight excluding hydrogens is 240 g/mol. The minimum absolute atomic E-state index is 0.00456. The van der Waals surface area contributed by atoms with E-state index in [0.717, 1.165) is 18.2 Å². The van der Waals surface area contributed by atoms with Crippen LogP contribution >= 0.6 is 0 Å². The van der Waals surface area contributed by atoms with Crippen LogP contribution < -0.4 is 5.32 Å². The minimum atomic E-state index is -0.901. The third-order valence-corrected chi connectivity index (χ3v) is 2.98. The second kappa shape index (κ2) is 5.73. The molecule has 0 saturated carbocycles. The summed E-state index contributed by atoms with van der Waals surface area (Å²) in [5.74, 6) is -1.35. The van der Waals surface area contributed by atoms with Crippen LogP contribution in [0.15, 0.2) is 18.2 Å². The highest BCUT2D eigenvalue weighted by Crippen LogP contribution is 2.21. The zero-order valence-corrected chi connectivity index (χ0v) is 10.2. The predicted octanol–water partition coefficient (Wildman–Crippen LogP) is 1.77. The van der Waals surface area contributed by atoms with E-state index < -0.39 is 17.7 Å². The number of rotatable bonds is 3. The Balaban J connectivity index is 2.00. The van der Waals surface area contributed by atoms with Crippen molar-refractivity contribution in [1.29, 1.82) is 0 Å². The Morgan fingerprint density at radius 2 is 2.00 bits per heavy atom. The van der Waals surface area contributed by atoms with Gasteiger partial charge in [0.1, 0.15) is 11.6 Å². The average Bonchev–Trinajstić information content (AvgIpc) is 2.27. The van der Waals surface area contributed by atoms with E-state index in [1.807, 2.05) is 6.92 Å². The summed E-state index contributed by atoms with van der Waals surface area (Å²) in [6.45, 7) is 3.13. The molecule has 3 unspecified atom stereocenters. The normalized spacial score (nSPS) is 26.0. The fraction of sp³-hybridized carbons (Fsp3) is 0.538. The molecule has 1 aliphatic heterocycles. The van der Waals surface area contributed by atoms with Crippen molar-refractivity contribution >= 4 is 0 Å². The van der Waals surface area contributed by atoms with Crippen molar-refractivity contribution in [3.05, 3.63) is 35.4 Å². The summed E-state index contributed by atoms with van der Waals surface area (Å²) < 4.78 is 31.4. The number of morpholine rings is 1. The highest BCUT2D eigenvalue weighted by molar-refractivity contribution is 5.20. The van der Waals surface area contributed by atoms with Gasteiger partial charge in [0, 0.05) is 18.2 Å². The topological polar surface area (TPSA) is 41.5 Å². The Hall–Kier alpha value is -1.04. The Kier molecular flexibility index (Phi) is 4.27.